The largest absolute Gasteiger partial charge is 0.388 e. The van der Waals surface area contributed by atoms with E-state index in [1.807, 2.05) is 0 Å². The first kappa shape index (κ1) is 11.8. The van der Waals surface area contributed by atoms with Crippen molar-refractivity contribution in [1.82, 2.24) is 9.88 Å². The molecule has 0 radical (unpaired) electrons. The van der Waals surface area contributed by atoms with E-state index in [0.29, 0.717) is 5.69 Å². The minimum atomic E-state index is -0.865. The lowest BCUT2D eigenvalue weighted by Gasteiger charge is -2.14. The summed E-state index contributed by atoms with van der Waals surface area (Å²) in [6.07, 6.45) is -0.165. The van der Waals surface area contributed by atoms with Gasteiger partial charge >= 0.3 is 0 Å². The van der Waals surface area contributed by atoms with Crippen LogP contribution in [0.15, 0.2) is 18.3 Å². The molecule has 2 rings (SSSR count). The molecule has 2 heterocycles. The van der Waals surface area contributed by atoms with Gasteiger partial charge in [0.1, 0.15) is 5.69 Å². The van der Waals surface area contributed by atoms with Crippen LogP contribution in [0.25, 0.3) is 0 Å². The van der Waals surface area contributed by atoms with E-state index >= 15 is 0 Å². The van der Waals surface area contributed by atoms with Gasteiger partial charge in [0, 0.05) is 20.1 Å². The molecule has 0 bridgehead atoms. The van der Waals surface area contributed by atoms with Crippen LogP contribution in [0.3, 0.4) is 0 Å². The highest BCUT2D eigenvalue weighted by atomic mass is 16.3. The summed E-state index contributed by atoms with van der Waals surface area (Å²) in [4.78, 5) is 17.4. The Balaban J connectivity index is 2.09. The van der Waals surface area contributed by atoms with Crippen LogP contribution in [0.4, 0.5) is 5.69 Å². The van der Waals surface area contributed by atoms with Crippen molar-refractivity contribution in [3.05, 3.63) is 24.0 Å². The van der Waals surface area contributed by atoms with Crippen LogP contribution in [-0.2, 0) is 0 Å². The third-order valence-electron chi connectivity index (χ3n) is 2.82. The van der Waals surface area contributed by atoms with Crippen LogP contribution in [0.5, 0.6) is 0 Å². The van der Waals surface area contributed by atoms with E-state index in [0.717, 1.165) is 5.69 Å². The molecule has 2 unspecified atom stereocenters. The third-order valence-corrected chi connectivity index (χ3v) is 2.82. The molecule has 6 nitrogen and oxygen atoms in total. The molecule has 0 spiro atoms. The average Bonchev–Trinajstić information content (AvgIpc) is 2.69. The van der Waals surface area contributed by atoms with Crippen molar-refractivity contribution in [1.29, 1.82) is 0 Å². The summed E-state index contributed by atoms with van der Waals surface area (Å²) in [5.74, 6) is -0.275. The molecule has 1 aliphatic rings. The summed E-state index contributed by atoms with van der Waals surface area (Å²) in [6.45, 7) is 0.297. The van der Waals surface area contributed by atoms with Gasteiger partial charge in [-0.2, -0.15) is 0 Å². The fourth-order valence-electron chi connectivity index (χ4n) is 1.77. The van der Waals surface area contributed by atoms with Crippen molar-refractivity contribution in [2.75, 3.05) is 25.5 Å². The minimum absolute atomic E-state index is 0.148. The normalized spacial score (nSPS) is 23.8. The molecule has 17 heavy (non-hydrogen) atoms. The monoisotopic (exact) mass is 237 g/mol. The lowest BCUT2D eigenvalue weighted by atomic mass is 10.3. The first-order valence-electron chi connectivity index (χ1n) is 5.41. The molecule has 1 aromatic rings. The fourth-order valence-corrected chi connectivity index (χ4v) is 1.77. The van der Waals surface area contributed by atoms with E-state index < -0.39 is 12.2 Å². The van der Waals surface area contributed by atoms with Gasteiger partial charge in [0.05, 0.1) is 24.1 Å². The molecule has 1 aromatic heterocycles. The number of nitrogens with zero attached hydrogens (tertiary/aromatic N) is 2. The molecule has 0 aliphatic carbocycles. The van der Waals surface area contributed by atoms with Gasteiger partial charge in [-0.05, 0) is 12.1 Å². The van der Waals surface area contributed by atoms with Crippen molar-refractivity contribution >= 4 is 11.6 Å². The Bertz CT molecular complexity index is 397. The Morgan fingerprint density at radius 2 is 2.06 bits per heavy atom. The summed E-state index contributed by atoms with van der Waals surface area (Å²) >= 11 is 0. The van der Waals surface area contributed by atoms with E-state index in [9.17, 15) is 15.0 Å². The number of anilines is 1. The SMILES string of the molecule is CNc1ccc(C(=O)N2CC(O)C(O)C2)nc1. The molecule has 1 amide bonds. The summed E-state index contributed by atoms with van der Waals surface area (Å²) in [6, 6.07) is 3.37. The number of amides is 1. The van der Waals surface area contributed by atoms with Gasteiger partial charge in [-0.25, -0.2) is 4.98 Å². The van der Waals surface area contributed by atoms with Crippen LogP contribution in [0.1, 0.15) is 10.5 Å². The van der Waals surface area contributed by atoms with Crippen molar-refractivity contribution in [2.45, 2.75) is 12.2 Å². The molecular formula is C11H15N3O3. The third kappa shape index (κ3) is 2.37. The molecule has 1 fully saturated rings. The molecule has 0 saturated carbocycles. The van der Waals surface area contributed by atoms with E-state index in [2.05, 4.69) is 10.3 Å². The van der Waals surface area contributed by atoms with Crippen LogP contribution < -0.4 is 5.32 Å². The van der Waals surface area contributed by atoms with Crippen molar-refractivity contribution in [3.8, 4) is 0 Å². The second-order valence-electron chi connectivity index (χ2n) is 4.03. The Hall–Kier alpha value is -1.66. The minimum Gasteiger partial charge on any atom is -0.388 e. The second kappa shape index (κ2) is 4.68. The molecule has 2 atom stereocenters. The first-order chi connectivity index (χ1) is 8.11. The quantitative estimate of drug-likeness (QED) is 0.633. The Kier molecular flexibility index (Phi) is 3.26. The number of nitrogens with one attached hydrogen (secondary N) is 1. The van der Waals surface area contributed by atoms with Crippen molar-refractivity contribution in [2.24, 2.45) is 0 Å². The highest BCUT2D eigenvalue weighted by Gasteiger charge is 2.33. The number of carbonyl (C=O) groups excluding carboxylic acids is 1. The Morgan fingerprint density at radius 3 is 2.53 bits per heavy atom. The van der Waals surface area contributed by atoms with E-state index in [1.165, 1.54) is 4.90 Å². The van der Waals surface area contributed by atoms with Crippen LogP contribution in [-0.4, -0.2) is 58.3 Å². The molecule has 0 aromatic carbocycles. The lowest BCUT2D eigenvalue weighted by molar-refractivity contribution is 0.0572. The Labute approximate surface area is 98.9 Å². The standard InChI is InChI=1S/C11H15N3O3/c1-12-7-2-3-8(13-4-7)11(17)14-5-9(15)10(16)6-14/h2-4,9-10,12,15-16H,5-6H2,1H3. The average molecular weight is 237 g/mol. The highest BCUT2D eigenvalue weighted by molar-refractivity contribution is 5.92. The van der Waals surface area contributed by atoms with Gasteiger partial charge in [-0.15, -0.1) is 0 Å². The van der Waals surface area contributed by atoms with Crippen molar-refractivity contribution < 1.29 is 15.0 Å². The number of likely N-dealkylation sites (tertiary alicyclic amines) is 1. The molecular weight excluding hydrogens is 222 g/mol. The van der Waals surface area contributed by atoms with E-state index in [-0.39, 0.29) is 19.0 Å². The molecule has 92 valence electrons. The maximum atomic E-state index is 12.0. The van der Waals surface area contributed by atoms with Crippen LogP contribution in [0.2, 0.25) is 0 Å². The molecule has 3 N–H and O–H groups in total. The topological polar surface area (TPSA) is 85.7 Å². The zero-order valence-electron chi connectivity index (χ0n) is 9.50. The molecule has 1 saturated heterocycles. The number of hydrogen-bond acceptors (Lipinski definition) is 5. The van der Waals surface area contributed by atoms with Crippen molar-refractivity contribution in [3.63, 3.8) is 0 Å². The van der Waals surface area contributed by atoms with E-state index in [4.69, 9.17) is 0 Å². The smallest absolute Gasteiger partial charge is 0.272 e. The molecule has 1 aliphatic heterocycles. The number of carbonyl (C=O) groups is 1. The Morgan fingerprint density at radius 1 is 1.41 bits per heavy atom. The van der Waals surface area contributed by atoms with Gasteiger partial charge in [0.15, 0.2) is 0 Å². The van der Waals surface area contributed by atoms with Gasteiger partial charge in [-0.3, -0.25) is 4.79 Å². The number of β-amino-alcohol motifs (C(OH)–C–C–N with tert-alkyl or cyclic N) is 2. The van der Waals surface area contributed by atoms with Gasteiger partial charge in [-0.1, -0.05) is 0 Å². The van der Waals surface area contributed by atoms with Crippen LogP contribution in [0, 0.1) is 0 Å². The predicted molar refractivity (Wildman–Crippen MR) is 61.7 cm³/mol. The maximum absolute atomic E-state index is 12.0. The maximum Gasteiger partial charge on any atom is 0.272 e. The fraction of sp³-hybridized carbons (Fsp3) is 0.455. The summed E-state index contributed by atoms with van der Waals surface area (Å²) in [7, 11) is 1.77. The van der Waals surface area contributed by atoms with Gasteiger partial charge in [0.2, 0.25) is 0 Å². The van der Waals surface area contributed by atoms with Gasteiger partial charge < -0.3 is 20.4 Å². The van der Waals surface area contributed by atoms with Crippen LogP contribution >= 0.6 is 0 Å². The number of hydrogen-bond donors (Lipinski definition) is 3. The number of pyridine rings is 1. The zero-order chi connectivity index (χ0) is 12.4. The van der Waals surface area contributed by atoms with Gasteiger partial charge in [0.25, 0.3) is 5.91 Å². The highest BCUT2D eigenvalue weighted by Crippen LogP contribution is 2.14. The summed E-state index contributed by atoms with van der Waals surface area (Å²) < 4.78 is 0. The second-order valence-corrected chi connectivity index (χ2v) is 4.03. The molecule has 6 heteroatoms. The summed E-state index contributed by atoms with van der Waals surface area (Å²) in [5.41, 5.74) is 1.13. The number of rotatable bonds is 2. The number of aliphatic hydroxyl groups is 2. The first-order valence-corrected chi connectivity index (χ1v) is 5.41. The van der Waals surface area contributed by atoms with E-state index in [1.54, 1.807) is 25.4 Å². The lowest BCUT2D eigenvalue weighted by Crippen LogP contribution is -2.30. The zero-order valence-corrected chi connectivity index (χ0v) is 9.50. The number of aliphatic hydroxyl groups excluding tert-OH is 2. The summed E-state index contributed by atoms with van der Waals surface area (Å²) in [5, 5.41) is 21.7. The number of aromatic nitrogens is 1. The predicted octanol–water partition coefficient (Wildman–Crippen LogP) is -0.699.